The lowest BCUT2D eigenvalue weighted by Crippen LogP contribution is -2.30. The Hall–Kier alpha value is -3.93. The number of allylic oxidation sites excluding steroid dienone is 18. The lowest BCUT2D eigenvalue weighted by Gasteiger charge is -2.18. The number of unbranched alkanes of at least 4 members (excludes halogenated alkanes) is 24. The van der Waals surface area contributed by atoms with Gasteiger partial charge in [0.25, 0.3) is 0 Å². The van der Waals surface area contributed by atoms with E-state index >= 15 is 0 Å². The van der Waals surface area contributed by atoms with Gasteiger partial charge in [-0.25, -0.2) is 0 Å². The van der Waals surface area contributed by atoms with Crippen LogP contribution in [0.15, 0.2) is 109 Å². The molecule has 0 aromatic carbocycles. The summed E-state index contributed by atoms with van der Waals surface area (Å²) in [4.78, 5) is 38.1. The van der Waals surface area contributed by atoms with Crippen molar-refractivity contribution in [2.75, 3.05) is 13.2 Å². The molecule has 374 valence electrons. The minimum absolute atomic E-state index is 0.0973. The lowest BCUT2D eigenvalue weighted by atomic mass is 10.0. The van der Waals surface area contributed by atoms with E-state index in [1.807, 2.05) is 72.9 Å². The summed E-state index contributed by atoms with van der Waals surface area (Å²) in [6.45, 7) is 6.34. The molecule has 0 fully saturated rings. The molecule has 1 atom stereocenters. The zero-order valence-corrected chi connectivity index (χ0v) is 42.7. The summed E-state index contributed by atoms with van der Waals surface area (Å²) in [6, 6.07) is 0. The number of carbonyl (C=O) groups excluding carboxylic acids is 3. The van der Waals surface area contributed by atoms with Crippen LogP contribution >= 0.6 is 0 Å². The van der Waals surface area contributed by atoms with Crippen molar-refractivity contribution in [1.29, 1.82) is 0 Å². The SMILES string of the molecule is CC\C=C/C=C\C=C/C=C\C=C\C=C/C=C\CCCCCC(=O)OCC(COC(=O)CCCCCCCCC/C=C\C/C=C\CC)OC(=O)CCCCCCCCCCCCCCCCC. The molecular weight excluding hydrogens is 817 g/mol. The van der Waals surface area contributed by atoms with Crippen LogP contribution in [0.3, 0.4) is 0 Å². The standard InChI is InChI=1S/C60H98O6/c1-4-7-10-13-16-19-22-25-28-29-30-31-33-35-38-41-44-47-50-53-59(62)65-56-57(55-64-58(61)52-49-46-43-40-37-34-27-24-21-18-15-12-9-6-3)66-60(63)54-51-48-45-42-39-36-32-26-23-20-17-14-11-8-5-2/h7,9-10,12-13,16,18-19,21-22,25,28-31,33,35,38,57H,4-6,8,11,14-15,17,20,23-24,26-27,32,34,36-37,39-56H2,1-3H3/b10-7-,12-9-,16-13-,21-18-,22-19-,28-25-,30-29+,33-31-,38-35-. The Morgan fingerprint density at radius 3 is 1.11 bits per heavy atom. The van der Waals surface area contributed by atoms with Crippen molar-refractivity contribution in [3.8, 4) is 0 Å². The van der Waals surface area contributed by atoms with Gasteiger partial charge in [0.1, 0.15) is 13.2 Å². The Balaban J connectivity index is 4.50. The number of carbonyl (C=O) groups is 3. The Morgan fingerprint density at radius 2 is 0.667 bits per heavy atom. The van der Waals surface area contributed by atoms with Gasteiger partial charge in [-0.1, -0.05) is 259 Å². The van der Waals surface area contributed by atoms with Crippen LogP contribution < -0.4 is 0 Å². The molecule has 1 unspecified atom stereocenters. The third-order valence-electron chi connectivity index (χ3n) is 11.2. The zero-order chi connectivity index (χ0) is 47.9. The van der Waals surface area contributed by atoms with Crippen LogP contribution in [0, 0.1) is 0 Å². The zero-order valence-electron chi connectivity index (χ0n) is 42.7. The van der Waals surface area contributed by atoms with Crippen LogP contribution in [0.2, 0.25) is 0 Å². The molecule has 0 aromatic heterocycles. The van der Waals surface area contributed by atoms with Crippen molar-refractivity contribution in [1.82, 2.24) is 0 Å². The maximum atomic E-state index is 12.8. The smallest absolute Gasteiger partial charge is 0.306 e. The minimum Gasteiger partial charge on any atom is -0.462 e. The highest BCUT2D eigenvalue weighted by Gasteiger charge is 2.19. The van der Waals surface area contributed by atoms with Crippen LogP contribution in [-0.2, 0) is 28.6 Å². The number of rotatable bonds is 47. The summed E-state index contributed by atoms with van der Waals surface area (Å²) in [5.74, 6) is -0.951. The highest BCUT2D eigenvalue weighted by molar-refractivity contribution is 5.71. The van der Waals surface area contributed by atoms with Crippen molar-refractivity contribution in [2.24, 2.45) is 0 Å². The van der Waals surface area contributed by atoms with E-state index in [1.54, 1.807) is 0 Å². The maximum Gasteiger partial charge on any atom is 0.306 e. The van der Waals surface area contributed by atoms with Gasteiger partial charge in [0.2, 0.25) is 0 Å². The van der Waals surface area contributed by atoms with Gasteiger partial charge in [-0.15, -0.1) is 0 Å². The summed E-state index contributed by atoms with van der Waals surface area (Å²) in [6.07, 6.45) is 72.1. The third-order valence-corrected chi connectivity index (χ3v) is 11.2. The molecule has 6 nitrogen and oxygen atoms in total. The quantitative estimate of drug-likeness (QED) is 0.0199. The number of hydrogen-bond acceptors (Lipinski definition) is 6. The molecule has 6 heteroatoms. The van der Waals surface area contributed by atoms with E-state index in [0.717, 1.165) is 89.9 Å². The van der Waals surface area contributed by atoms with Crippen molar-refractivity contribution < 1.29 is 28.6 Å². The largest absolute Gasteiger partial charge is 0.462 e. The van der Waals surface area contributed by atoms with Gasteiger partial charge in [-0.3, -0.25) is 14.4 Å². The number of hydrogen-bond donors (Lipinski definition) is 0. The maximum absolute atomic E-state index is 12.8. The summed E-state index contributed by atoms with van der Waals surface area (Å²) >= 11 is 0. The van der Waals surface area contributed by atoms with Gasteiger partial charge >= 0.3 is 17.9 Å². The van der Waals surface area contributed by atoms with E-state index in [0.29, 0.717) is 19.3 Å². The second-order valence-electron chi connectivity index (χ2n) is 17.6. The Kier molecular flexibility index (Phi) is 50.5. The second kappa shape index (κ2) is 53.7. The third kappa shape index (κ3) is 51.1. The Bertz CT molecular complexity index is 1370. The topological polar surface area (TPSA) is 78.9 Å². The van der Waals surface area contributed by atoms with Gasteiger partial charge in [-0.2, -0.15) is 0 Å². The molecule has 66 heavy (non-hydrogen) atoms. The van der Waals surface area contributed by atoms with E-state index < -0.39 is 6.10 Å². The van der Waals surface area contributed by atoms with Crippen LogP contribution in [-0.4, -0.2) is 37.2 Å². The molecule has 0 amide bonds. The highest BCUT2D eigenvalue weighted by atomic mass is 16.6. The molecule has 0 aliphatic rings. The van der Waals surface area contributed by atoms with Crippen molar-refractivity contribution in [3.05, 3.63) is 109 Å². The molecular formula is C60H98O6. The second-order valence-corrected chi connectivity index (χ2v) is 17.6. The van der Waals surface area contributed by atoms with Crippen LogP contribution in [0.5, 0.6) is 0 Å². The molecule has 0 heterocycles. The molecule has 0 rings (SSSR count). The van der Waals surface area contributed by atoms with Gasteiger partial charge in [0.05, 0.1) is 0 Å². The summed E-state index contributed by atoms with van der Waals surface area (Å²) in [5, 5.41) is 0. The van der Waals surface area contributed by atoms with Crippen molar-refractivity contribution >= 4 is 17.9 Å². The predicted molar refractivity (Wildman–Crippen MR) is 283 cm³/mol. The van der Waals surface area contributed by atoms with Crippen LogP contribution in [0.25, 0.3) is 0 Å². The van der Waals surface area contributed by atoms with Crippen LogP contribution in [0.1, 0.15) is 233 Å². The fraction of sp³-hybridized carbons (Fsp3) is 0.650. The molecule has 0 aromatic rings. The van der Waals surface area contributed by atoms with Gasteiger partial charge < -0.3 is 14.2 Å². The molecule has 0 aliphatic heterocycles. The molecule has 0 bridgehead atoms. The molecule has 0 spiro atoms. The average molecular weight is 915 g/mol. The normalized spacial score (nSPS) is 13.0. The first-order valence-electron chi connectivity index (χ1n) is 27.0. The summed E-state index contributed by atoms with van der Waals surface area (Å²) in [7, 11) is 0. The predicted octanol–water partition coefficient (Wildman–Crippen LogP) is 17.9. The van der Waals surface area contributed by atoms with E-state index in [1.165, 1.54) is 103 Å². The van der Waals surface area contributed by atoms with E-state index in [2.05, 4.69) is 57.2 Å². The van der Waals surface area contributed by atoms with E-state index in [9.17, 15) is 14.4 Å². The molecule has 0 radical (unpaired) electrons. The number of ether oxygens (including phenoxy) is 3. The van der Waals surface area contributed by atoms with Crippen LogP contribution in [0.4, 0.5) is 0 Å². The van der Waals surface area contributed by atoms with Gasteiger partial charge in [-0.05, 0) is 64.2 Å². The monoisotopic (exact) mass is 915 g/mol. The minimum atomic E-state index is -0.800. The van der Waals surface area contributed by atoms with E-state index in [-0.39, 0.29) is 31.1 Å². The highest BCUT2D eigenvalue weighted by Crippen LogP contribution is 2.15. The molecule has 0 saturated carbocycles. The molecule has 0 aliphatic carbocycles. The first kappa shape index (κ1) is 62.1. The first-order valence-corrected chi connectivity index (χ1v) is 27.0. The number of esters is 3. The summed E-state index contributed by atoms with van der Waals surface area (Å²) < 4.78 is 16.8. The van der Waals surface area contributed by atoms with Crippen molar-refractivity contribution in [2.45, 2.75) is 239 Å². The Morgan fingerprint density at radius 1 is 0.333 bits per heavy atom. The van der Waals surface area contributed by atoms with Crippen molar-refractivity contribution in [3.63, 3.8) is 0 Å². The first-order chi connectivity index (χ1) is 32.5. The fourth-order valence-electron chi connectivity index (χ4n) is 7.23. The molecule has 0 saturated heterocycles. The van der Waals surface area contributed by atoms with E-state index in [4.69, 9.17) is 14.2 Å². The lowest BCUT2D eigenvalue weighted by molar-refractivity contribution is -0.167. The average Bonchev–Trinajstić information content (AvgIpc) is 3.31. The summed E-state index contributed by atoms with van der Waals surface area (Å²) in [5.41, 5.74) is 0. The molecule has 0 N–H and O–H groups in total. The Labute approximate surface area is 406 Å². The van der Waals surface area contributed by atoms with Gasteiger partial charge in [0, 0.05) is 19.3 Å². The fourth-order valence-corrected chi connectivity index (χ4v) is 7.23. The van der Waals surface area contributed by atoms with Gasteiger partial charge in [0.15, 0.2) is 6.10 Å².